The third-order valence-corrected chi connectivity index (χ3v) is 7.90. The first-order chi connectivity index (χ1) is 20.2. The summed E-state index contributed by atoms with van der Waals surface area (Å²) in [6, 6.07) is 26.6. The van der Waals surface area contributed by atoms with Crippen LogP contribution in [-0.2, 0) is 11.3 Å². The molecule has 0 saturated carbocycles. The Bertz CT molecular complexity index is 1590. The van der Waals surface area contributed by atoms with Crippen LogP contribution >= 0.6 is 0 Å². The van der Waals surface area contributed by atoms with E-state index in [1.165, 1.54) is 4.90 Å². The molecule has 3 amide bonds. The molecule has 8 heteroatoms. The number of amides is 3. The van der Waals surface area contributed by atoms with Gasteiger partial charge in [0.2, 0.25) is 0 Å². The molecular formula is C34H34N4O4. The summed E-state index contributed by atoms with van der Waals surface area (Å²) in [4.78, 5) is 47.7. The van der Waals surface area contributed by atoms with Gasteiger partial charge in [-0.3, -0.25) is 19.4 Å². The van der Waals surface area contributed by atoms with Gasteiger partial charge in [-0.1, -0.05) is 93.6 Å². The molecule has 1 fully saturated rings. The molecule has 0 aliphatic carbocycles. The minimum atomic E-state index is -0.434. The minimum Gasteiger partial charge on any atom is -0.449 e. The van der Waals surface area contributed by atoms with Gasteiger partial charge in [-0.25, -0.2) is 9.78 Å². The number of cyclic esters (lactones) is 1. The van der Waals surface area contributed by atoms with E-state index in [0.717, 1.165) is 22.6 Å². The fourth-order valence-electron chi connectivity index (χ4n) is 5.96. The predicted octanol–water partition coefficient (Wildman–Crippen LogP) is 6.05. The van der Waals surface area contributed by atoms with Crippen molar-refractivity contribution < 1.29 is 19.1 Å². The molecule has 2 aliphatic heterocycles. The molecule has 8 nitrogen and oxygen atoms in total. The molecular weight excluding hydrogens is 528 g/mol. The van der Waals surface area contributed by atoms with Crippen molar-refractivity contribution in [3.8, 4) is 11.3 Å². The van der Waals surface area contributed by atoms with E-state index in [0.29, 0.717) is 24.2 Å². The van der Waals surface area contributed by atoms with Crippen LogP contribution in [-0.4, -0.2) is 57.0 Å². The number of fused-ring (bicyclic) bond motifs is 1. The number of carbonyl (C=O) groups excluding carboxylic acids is 3. The number of hydrogen-bond donors (Lipinski definition) is 0. The number of imidazole rings is 1. The highest BCUT2D eigenvalue weighted by Crippen LogP contribution is 2.41. The maximum absolute atomic E-state index is 13.4. The van der Waals surface area contributed by atoms with E-state index in [9.17, 15) is 14.4 Å². The first-order valence-electron chi connectivity index (χ1n) is 14.3. The number of imide groups is 1. The normalized spacial score (nSPS) is 17.8. The predicted molar refractivity (Wildman–Crippen MR) is 159 cm³/mol. The molecule has 0 bridgehead atoms. The van der Waals surface area contributed by atoms with E-state index in [2.05, 4.69) is 37.5 Å². The zero-order chi connectivity index (χ0) is 29.4. The highest BCUT2D eigenvalue weighted by Gasteiger charge is 2.44. The standard InChI is InChI=1S/C34H34N4O4/c1-34(2,3)29(30-35-28(25-14-8-5-9-15-25)21-36(30)18-23-12-6-4-7-13-23)37-19-24(22-42-33(37)41)20-38-31(39)26-16-10-11-17-27(26)32(38)40/h4-17,21,24,29H,18-20,22H2,1-3H3/t24?,29-/m0/s1. The van der Waals surface area contributed by atoms with Crippen molar-refractivity contribution in [2.24, 2.45) is 11.3 Å². The van der Waals surface area contributed by atoms with Crippen LogP contribution in [0.5, 0.6) is 0 Å². The summed E-state index contributed by atoms with van der Waals surface area (Å²) >= 11 is 0. The Morgan fingerprint density at radius 1 is 0.857 bits per heavy atom. The Balaban J connectivity index is 1.34. The Hall–Kier alpha value is -4.72. The lowest BCUT2D eigenvalue weighted by Gasteiger charge is -2.43. The number of hydrogen-bond acceptors (Lipinski definition) is 5. The van der Waals surface area contributed by atoms with E-state index in [-0.39, 0.29) is 30.9 Å². The molecule has 0 spiro atoms. The summed E-state index contributed by atoms with van der Waals surface area (Å²) in [5.41, 5.74) is 3.34. The van der Waals surface area contributed by atoms with Crippen molar-refractivity contribution >= 4 is 17.9 Å². The van der Waals surface area contributed by atoms with E-state index >= 15 is 0 Å². The largest absolute Gasteiger partial charge is 0.449 e. The monoisotopic (exact) mass is 562 g/mol. The van der Waals surface area contributed by atoms with Gasteiger partial charge >= 0.3 is 6.09 Å². The quantitative estimate of drug-likeness (QED) is 0.256. The highest BCUT2D eigenvalue weighted by atomic mass is 16.6. The van der Waals surface area contributed by atoms with E-state index in [1.54, 1.807) is 29.2 Å². The molecule has 6 rings (SSSR count). The number of benzene rings is 3. The van der Waals surface area contributed by atoms with Crippen molar-refractivity contribution in [3.63, 3.8) is 0 Å². The summed E-state index contributed by atoms with van der Waals surface area (Å²) < 4.78 is 7.83. The van der Waals surface area contributed by atoms with Crippen molar-refractivity contribution in [1.29, 1.82) is 0 Å². The lowest BCUT2D eigenvalue weighted by molar-refractivity contribution is -0.00662. The number of carbonyl (C=O) groups is 3. The minimum absolute atomic E-state index is 0.132. The van der Waals surface area contributed by atoms with Gasteiger partial charge in [0.05, 0.1) is 29.5 Å². The molecule has 1 aromatic heterocycles. The molecule has 1 unspecified atom stereocenters. The van der Waals surface area contributed by atoms with Crippen LogP contribution in [0.15, 0.2) is 91.1 Å². The summed E-state index contributed by atoms with van der Waals surface area (Å²) in [7, 11) is 0. The second kappa shape index (κ2) is 10.9. The first-order valence-corrected chi connectivity index (χ1v) is 14.3. The first kappa shape index (κ1) is 27.4. The average molecular weight is 563 g/mol. The van der Waals surface area contributed by atoms with Gasteiger partial charge in [0.1, 0.15) is 5.82 Å². The molecule has 2 aliphatic rings. The molecule has 4 aromatic rings. The smallest absolute Gasteiger partial charge is 0.410 e. The number of nitrogens with zero attached hydrogens (tertiary/aromatic N) is 4. The van der Waals surface area contributed by atoms with Gasteiger partial charge in [-0.2, -0.15) is 0 Å². The molecule has 0 N–H and O–H groups in total. The van der Waals surface area contributed by atoms with Crippen molar-refractivity contribution in [2.45, 2.75) is 33.4 Å². The van der Waals surface area contributed by atoms with E-state index < -0.39 is 17.6 Å². The Labute approximate surface area is 245 Å². The van der Waals surface area contributed by atoms with Gasteiger partial charge in [0.15, 0.2) is 0 Å². The number of aromatic nitrogens is 2. The van der Waals surface area contributed by atoms with Gasteiger partial charge in [-0.15, -0.1) is 0 Å². The zero-order valence-electron chi connectivity index (χ0n) is 24.1. The van der Waals surface area contributed by atoms with Crippen LogP contribution in [0.1, 0.15) is 58.9 Å². The average Bonchev–Trinajstić information content (AvgIpc) is 3.49. The van der Waals surface area contributed by atoms with Crippen LogP contribution in [0.2, 0.25) is 0 Å². The van der Waals surface area contributed by atoms with Gasteiger partial charge in [0, 0.05) is 37.3 Å². The van der Waals surface area contributed by atoms with Gasteiger partial charge < -0.3 is 9.30 Å². The topological polar surface area (TPSA) is 84.7 Å². The number of ether oxygens (including phenoxy) is 1. The Morgan fingerprint density at radius 2 is 1.45 bits per heavy atom. The summed E-state index contributed by atoms with van der Waals surface area (Å²) in [6.07, 6.45) is 1.62. The Kier molecular flexibility index (Phi) is 7.14. The summed E-state index contributed by atoms with van der Waals surface area (Å²) in [5, 5.41) is 0. The third-order valence-electron chi connectivity index (χ3n) is 7.90. The Morgan fingerprint density at radius 3 is 2.07 bits per heavy atom. The van der Waals surface area contributed by atoms with E-state index in [4.69, 9.17) is 9.72 Å². The second-order valence-electron chi connectivity index (χ2n) is 12.1. The lowest BCUT2D eigenvalue weighted by Crippen LogP contribution is -2.52. The maximum atomic E-state index is 13.4. The molecule has 3 heterocycles. The van der Waals surface area contributed by atoms with Crippen LogP contribution in [0.4, 0.5) is 4.79 Å². The SMILES string of the molecule is CC(C)(C)[C@H](c1nc(-c2ccccc2)cn1Cc1ccccc1)N1CC(CN2C(=O)c3ccccc3C2=O)COC1=O. The van der Waals surface area contributed by atoms with E-state index in [1.807, 2.05) is 54.7 Å². The molecule has 1 saturated heterocycles. The fraction of sp³-hybridized carbons (Fsp3) is 0.294. The van der Waals surface area contributed by atoms with Crippen molar-refractivity contribution in [3.05, 3.63) is 114 Å². The van der Waals surface area contributed by atoms with Crippen LogP contribution in [0.3, 0.4) is 0 Å². The van der Waals surface area contributed by atoms with Crippen LogP contribution in [0.25, 0.3) is 11.3 Å². The lowest BCUT2D eigenvalue weighted by atomic mass is 9.84. The van der Waals surface area contributed by atoms with Crippen molar-refractivity contribution in [2.75, 3.05) is 19.7 Å². The zero-order valence-corrected chi connectivity index (χ0v) is 24.1. The van der Waals surface area contributed by atoms with Crippen molar-refractivity contribution in [1.82, 2.24) is 19.4 Å². The van der Waals surface area contributed by atoms with Gasteiger partial charge in [-0.05, 0) is 23.1 Å². The van der Waals surface area contributed by atoms with Crippen LogP contribution in [0, 0.1) is 11.3 Å². The van der Waals surface area contributed by atoms with Gasteiger partial charge in [0.25, 0.3) is 11.8 Å². The summed E-state index contributed by atoms with van der Waals surface area (Å²) in [6.45, 7) is 7.47. The molecule has 42 heavy (non-hydrogen) atoms. The molecule has 3 aromatic carbocycles. The van der Waals surface area contributed by atoms with Crippen LogP contribution < -0.4 is 0 Å². The molecule has 214 valence electrons. The fourth-order valence-corrected chi connectivity index (χ4v) is 5.96. The highest BCUT2D eigenvalue weighted by molar-refractivity contribution is 6.21. The second-order valence-corrected chi connectivity index (χ2v) is 12.1. The third kappa shape index (κ3) is 5.20. The number of rotatable bonds is 7. The summed E-state index contributed by atoms with van der Waals surface area (Å²) in [5.74, 6) is -0.112. The molecule has 0 radical (unpaired) electrons. The maximum Gasteiger partial charge on any atom is 0.410 e. The molecule has 2 atom stereocenters.